The predicted molar refractivity (Wildman–Crippen MR) is 69.8 cm³/mol. The van der Waals surface area contributed by atoms with Crippen LogP contribution in [0, 0.1) is 5.92 Å². The van der Waals surface area contributed by atoms with Gasteiger partial charge in [0.25, 0.3) is 0 Å². The van der Waals surface area contributed by atoms with Gasteiger partial charge in [-0.3, -0.25) is 0 Å². The minimum Gasteiger partial charge on any atom is -0.467 e. The Balaban J connectivity index is 2.21. The van der Waals surface area contributed by atoms with Crippen LogP contribution in [-0.4, -0.2) is 12.6 Å². The summed E-state index contributed by atoms with van der Waals surface area (Å²) >= 11 is 0. The molecule has 0 saturated carbocycles. The number of ether oxygens (including phenoxy) is 1. The summed E-state index contributed by atoms with van der Waals surface area (Å²) in [6.07, 6.45) is 2.90. The Kier molecular flexibility index (Phi) is 6.30. The van der Waals surface area contributed by atoms with Crippen molar-refractivity contribution in [2.24, 2.45) is 5.92 Å². The summed E-state index contributed by atoms with van der Waals surface area (Å²) in [4.78, 5) is 0. The highest BCUT2D eigenvalue weighted by Crippen LogP contribution is 2.10. The van der Waals surface area contributed by atoms with Crippen LogP contribution >= 0.6 is 0 Å². The van der Waals surface area contributed by atoms with Crippen LogP contribution < -0.4 is 5.32 Å². The summed E-state index contributed by atoms with van der Waals surface area (Å²) < 4.78 is 11.0. The van der Waals surface area contributed by atoms with Gasteiger partial charge >= 0.3 is 0 Å². The Hall–Kier alpha value is -0.800. The Bertz CT molecular complexity index is 305. The summed E-state index contributed by atoms with van der Waals surface area (Å²) in [5, 5.41) is 3.36. The number of hydrogen-bond donors (Lipinski definition) is 1. The molecule has 0 atom stereocenters. The summed E-state index contributed by atoms with van der Waals surface area (Å²) in [6, 6.07) is 2.56. The molecular formula is C14H25NO2. The highest BCUT2D eigenvalue weighted by atomic mass is 16.5. The highest BCUT2D eigenvalue weighted by molar-refractivity contribution is 5.12. The van der Waals surface area contributed by atoms with E-state index in [9.17, 15) is 0 Å². The molecule has 98 valence electrons. The molecule has 0 amide bonds. The van der Waals surface area contributed by atoms with Crippen LogP contribution in [0.4, 0.5) is 0 Å². The maximum atomic E-state index is 5.56. The molecule has 0 unspecified atom stereocenters. The first-order chi connectivity index (χ1) is 8.08. The second-order valence-electron chi connectivity index (χ2n) is 5.19. The van der Waals surface area contributed by atoms with E-state index < -0.39 is 0 Å². The van der Waals surface area contributed by atoms with Crippen LogP contribution in [0.5, 0.6) is 0 Å². The average Bonchev–Trinajstić information content (AvgIpc) is 2.69. The quantitative estimate of drug-likeness (QED) is 0.706. The molecule has 1 aromatic heterocycles. The van der Waals surface area contributed by atoms with Crippen molar-refractivity contribution in [3.8, 4) is 0 Å². The normalized spacial score (nSPS) is 11.6. The van der Waals surface area contributed by atoms with Crippen molar-refractivity contribution in [3.05, 3.63) is 23.7 Å². The zero-order valence-electron chi connectivity index (χ0n) is 11.5. The van der Waals surface area contributed by atoms with Crippen LogP contribution in [-0.2, 0) is 17.9 Å². The fraction of sp³-hybridized carbons (Fsp3) is 0.714. The Morgan fingerprint density at radius 3 is 2.71 bits per heavy atom. The van der Waals surface area contributed by atoms with Gasteiger partial charge in [-0.1, -0.05) is 27.7 Å². The van der Waals surface area contributed by atoms with E-state index in [2.05, 4.69) is 39.1 Å². The molecular weight excluding hydrogens is 214 g/mol. The zero-order valence-corrected chi connectivity index (χ0v) is 11.5. The lowest BCUT2D eigenvalue weighted by Gasteiger charge is -2.05. The van der Waals surface area contributed by atoms with Crippen molar-refractivity contribution in [3.63, 3.8) is 0 Å². The van der Waals surface area contributed by atoms with E-state index in [1.54, 1.807) is 6.26 Å². The van der Waals surface area contributed by atoms with Gasteiger partial charge in [0.1, 0.15) is 12.4 Å². The van der Waals surface area contributed by atoms with Crippen molar-refractivity contribution in [1.82, 2.24) is 5.32 Å². The Morgan fingerprint density at radius 2 is 2.06 bits per heavy atom. The smallest absolute Gasteiger partial charge is 0.129 e. The Labute approximate surface area is 105 Å². The molecule has 3 heteroatoms. The van der Waals surface area contributed by atoms with Gasteiger partial charge in [-0.25, -0.2) is 0 Å². The van der Waals surface area contributed by atoms with E-state index in [-0.39, 0.29) is 0 Å². The van der Waals surface area contributed by atoms with Gasteiger partial charge in [0.2, 0.25) is 0 Å². The third-order valence-corrected chi connectivity index (χ3v) is 2.51. The van der Waals surface area contributed by atoms with Crippen molar-refractivity contribution in [2.45, 2.75) is 53.3 Å². The highest BCUT2D eigenvalue weighted by Gasteiger charge is 2.03. The van der Waals surface area contributed by atoms with Crippen LogP contribution in [0.25, 0.3) is 0 Å². The molecule has 1 aromatic rings. The summed E-state index contributed by atoms with van der Waals surface area (Å²) in [6.45, 7) is 10.9. The van der Waals surface area contributed by atoms with E-state index in [0.717, 1.165) is 25.3 Å². The molecule has 0 aliphatic heterocycles. The van der Waals surface area contributed by atoms with Gasteiger partial charge in [-0.15, -0.1) is 0 Å². The standard InChI is InChI=1S/C14H25NO2/c1-11(2)5-6-16-10-14-7-13(9-17-14)8-15-12(3)4/h7,9,11-12,15H,5-6,8,10H2,1-4H3. The first-order valence-corrected chi connectivity index (χ1v) is 6.45. The second-order valence-corrected chi connectivity index (χ2v) is 5.19. The topological polar surface area (TPSA) is 34.4 Å². The minimum atomic E-state index is 0.496. The molecule has 1 N–H and O–H groups in total. The van der Waals surface area contributed by atoms with Crippen LogP contribution in [0.2, 0.25) is 0 Å². The molecule has 0 spiro atoms. The van der Waals surface area contributed by atoms with Crippen LogP contribution in [0.15, 0.2) is 16.7 Å². The van der Waals surface area contributed by atoms with Crippen molar-refractivity contribution in [1.29, 1.82) is 0 Å². The molecule has 17 heavy (non-hydrogen) atoms. The van der Waals surface area contributed by atoms with Crippen molar-refractivity contribution >= 4 is 0 Å². The molecule has 0 saturated heterocycles. The third kappa shape index (κ3) is 6.49. The monoisotopic (exact) mass is 239 g/mol. The van der Waals surface area contributed by atoms with Crippen LogP contribution in [0.3, 0.4) is 0 Å². The van der Waals surface area contributed by atoms with Gasteiger partial charge in [0, 0.05) is 24.8 Å². The maximum absolute atomic E-state index is 5.56. The molecule has 0 radical (unpaired) electrons. The lowest BCUT2D eigenvalue weighted by molar-refractivity contribution is 0.0970. The van der Waals surface area contributed by atoms with Crippen molar-refractivity contribution < 1.29 is 9.15 Å². The fourth-order valence-corrected chi connectivity index (χ4v) is 1.41. The van der Waals surface area contributed by atoms with E-state index in [0.29, 0.717) is 18.6 Å². The van der Waals surface area contributed by atoms with Crippen LogP contribution in [0.1, 0.15) is 45.4 Å². The third-order valence-electron chi connectivity index (χ3n) is 2.51. The largest absolute Gasteiger partial charge is 0.467 e. The number of furan rings is 1. The minimum absolute atomic E-state index is 0.496. The van der Waals surface area contributed by atoms with E-state index >= 15 is 0 Å². The fourth-order valence-electron chi connectivity index (χ4n) is 1.41. The van der Waals surface area contributed by atoms with Gasteiger partial charge in [0.05, 0.1) is 6.26 Å². The first kappa shape index (κ1) is 14.3. The Morgan fingerprint density at radius 1 is 1.29 bits per heavy atom. The molecule has 0 aliphatic rings. The van der Waals surface area contributed by atoms with Gasteiger partial charge in [-0.2, -0.15) is 0 Å². The molecule has 3 nitrogen and oxygen atoms in total. The first-order valence-electron chi connectivity index (χ1n) is 6.45. The molecule has 0 bridgehead atoms. The second kappa shape index (κ2) is 7.51. The molecule has 0 aromatic carbocycles. The maximum Gasteiger partial charge on any atom is 0.129 e. The van der Waals surface area contributed by atoms with E-state index in [1.165, 1.54) is 5.56 Å². The summed E-state index contributed by atoms with van der Waals surface area (Å²) in [5.74, 6) is 1.60. The van der Waals surface area contributed by atoms with Gasteiger partial charge in [-0.05, 0) is 18.4 Å². The lowest BCUT2D eigenvalue weighted by Crippen LogP contribution is -2.21. The number of nitrogens with one attached hydrogen (secondary N) is 1. The average molecular weight is 239 g/mol. The zero-order chi connectivity index (χ0) is 12.7. The van der Waals surface area contributed by atoms with E-state index in [4.69, 9.17) is 9.15 Å². The van der Waals surface area contributed by atoms with Gasteiger partial charge in [0.15, 0.2) is 0 Å². The summed E-state index contributed by atoms with van der Waals surface area (Å²) in [7, 11) is 0. The molecule has 0 fully saturated rings. The summed E-state index contributed by atoms with van der Waals surface area (Å²) in [5.41, 5.74) is 1.18. The number of hydrogen-bond acceptors (Lipinski definition) is 3. The number of rotatable bonds is 8. The van der Waals surface area contributed by atoms with E-state index in [1.807, 2.05) is 0 Å². The SMILES string of the molecule is CC(C)CCOCc1cc(CNC(C)C)co1. The molecule has 1 rings (SSSR count). The molecule has 1 heterocycles. The lowest BCUT2D eigenvalue weighted by atomic mass is 10.1. The predicted octanol–water partition coefficient (Wildman–Crippen LogP) is 3.34. The van der Waals surface area contributed by atoms with Crippen molar-refractivity contribution in [2.75, 3.05) is 6.61 Å². The van der Waals surface area contributed by atoms with Gasteiger partial charge < -0.3 is 14.5 Å². The molecule has 0 aliphatic carbocycles.